The monoisotopic (exact) mass is 294 g/mol. The van der Waals surface area contributed by atoms with E-state index < -0.39 is 11.6 Å². The third-order valence-electron chi connectivity index (χ3n) is 3.36. The predicted molar refractivity (Wildman–Crippen MR) is 74.3 cm³/mol. The van der Waals surface area contributed by atoms with Crippen LogP contribution in [0.2, 0.25) is 5.02 Å². The van der Waals surface area contributed by atoms with E-state index in [1.165, 1.54) is 6.92 Å². The van der Waals surface area contributed by atoms with Crippen LogP contribution in [-0.2, 0) is 15.1 Å². The van der Waals surface area contributed by atoms with Gasteiger partial charge in [-0.25, -0.2) is 4.79 Å². The quantitative estimate of drug-likeness (QED) is 0.865. The lowest BCUT2D eigenvalue weighted by molar-refractivity contribution is -0.131. The summed E-state index contributed by atoms with van der Waals surface area (Å²) in [7, 11) is 0. The fourth-order valence-electron chi connectivity index (χ4n) is 2.16. The highest BCUT2D eigenvalue weighted by Crippen LogP contribution is 2.30. The number of urea groups is 1. The van der Waals surface area contributed by atoms with Crippen molar-refractivity contribution >= 4 is 29.3 Å². The lowest BCUT2D eigenvalue weighted by Crippen LogP contribution is -2.41. The second-order valence-electron chi connectivity index (χ2n) is 4.97. The van der Waals surface area contributed by atoms with Crippen LogP contribution in [0, 0.1) is 0 Å². The van der Waals surface area contributed by atoms with E-state index in [0.717, 1.165) is 4.90 Å². The maximum atomic E-state index is 12.5. The molecule has 0 saturated carbocycles. The SMILES string of the molecule is CC(=O)CCN1C(=O)N[C@](C)(c2cccc(Cl)c2)C1=O. The number of imide groups is 1. The highest BCUT2D eigenvalue weighted by molar-refractivity contribution is 6.30. The van der Waals surface area contributed by atoms with Crippen LogP contribution in [0.1, 0.15) is 25.8 Å². The largest absolute Gasteiger partial charge is 0.325 e. The van der Waals surface area contributed by atoms with Crippen molar-refractivity contribution in [1.82, 2.24) is 10.2 Å². The molecule has 20 heavy (non-hydrogen) atoms. The second-order valence-corrected chi connectivity index (χ2v) is 5.41. The Bertz CT molecular complexity index is 588. The van der Waals surface area contributed by atoms with E-state index in [0.29, 0.717) is 10.6 Å². The lowest BCUT2D eigenvalue weighted by atomic mass is 9.92. The molecule has 1 fully saturated rings. The predicted octanol–water partition coefficient (Wildman–Crippen LogP) is 2.09. The van der Waals surface area contributed by atoms with Gasteiger partial charge in [0.15, 0.2) is 0 Å². The van der Waals surface area contributed by atoms with Gasteiger partial charge in [0.2, 0.25) is 0 Å². The maximum absolute atomic E-state index is 12.5. The first-order valence-electron chi connectivity index (χ1n) is 6.24. The van der Waals surface area contributed by atoms with Crippen LogP contribution in [0.25, 0.3) is 0 Å². The van der Waals surface area contributed by atoms with E-state index in [-0.39, 0.29) is 24.7 Å². The Hall–Kier alpha value is -1.88. The number of hydrogen-bond donors (Lipinski definition) is 1. The first kappa shape index (κ1) is 14.5. The number of halogens is 1. The summed E-state index contributed by atoms with van der Waals surface area (Å²) in [6, 6.07) is 6.31. The van der Waals surface area contributed by atoms with Gasteiger partial charge in [0, 0.05) is 18.0 Å². The summed E-state index contributed by atoms with van der Waals surface area (Å²) in [5.41, 5.74) is -0.521. The number of ketones is 1. The summed E-state index contributed by atoms with van der Waals surface area (Å²) >= 11 is 5.93. The molecule has 1 N–H and O–H groups in total. The van der Waals surface area contributed by atoms with Crippen molar-refractivity contribution < 1.29 is 14.4 Å². The molecule has 1 aromatic carbocycles. The Labute approximate surface area is 121 Å². The van der Waals surface area contributed by atoms with Crippen molar-refractivity contribution in [3.8, 4) is 0 Å². The first-order valence-corrected chi connectivity index (χ1v) is 6.62. The number of Topliss-reactive ketones (excluding diaryl/α,β-unsaturated/α-hetero) is 1. The smallest absolute Gasteiger partial charge is 0.319 e. The zero-order valence-corrected chi connectivity index (χ0v) is 12.0. The summed E-state index contributed by atoms with van der Waals surface area (Å²) in [4.78, 5) is 36.4. The van der Waals surface area contributed by atoms with Crippen molar-refractivity contribution in [1.29, 1.82) is 0 Å². The topological polar surface area (TPSA) is 66.5 Å². The van der Waals surface area contributed by atoms with Crippen molar-refractivity contribution in [2.24, 2.45) is 0 Å². The highest BCUT2D eigenvalue weighted by atomic mass is 35.5. The molecule has 106 valence electrons. The minimum atomic E-state index is -1.14. The number of nitrogens with one attached hydrogen (secondary N) is 1. The number of rotatable bonds is 4. The van der Waals surface area contributed by atoms with Gasteiger partial charge in [-0.2, -0.15) is 0 Å². The molecule has 0 spiro atoms. The zero-order valence-electron chi connectivity index (χ0n) is 11.3. The van der Waals surface area contributed by atoms with Crippen LogP contribution in [0.15, 0.2) is 24.3 Å². The van der Waals surface area contributed by atoms with Gasteiger partial charge < -0.3 is 5.32 Å². The number of hydrogen-bond acceptors (Lipinski definition) is 3. The Morgan fingerprint density at radius 3 is 2.70 bits per heavy atom. The van der Waals surface area contributed by atoms with Crippen LogP contribution in [0.4, 0.5) is 4.79 Å². The molecule has 0 aromatic heterocycles. The van der Waals surface area contributed by atoms with Crippen molar-refractivity contribution in [2.45, 2.75) is 25.8 Å². The Morgan fingerprint density at radius 1 is 1.40 bits per heavy atom. The van der Waals surface area contributed by atoms with Gasteiger partial charge in [0.25, 0.3) is 5.91 Å². The molecule has 0 aliphatic carbocycles. The molecule has 1 aliphatic heterocycles. The average Bonchev–Trinajstić information content (AvgIpc) is 2.59. The summed E-state index contributed by atoms with van der Waals surface area (Å²) in [5, 5.41) is 3.16. The molecule has 0 radical (unpaired) electrons. The van der Waals surface area contributed by atoms with Crippen LogP contribution in [-0.4, -0.2) is 29.2 Å². The summed E-state index contributed by atoms with van der Waals surface area (Å²) in [6.45, 7) is 3.15. The van der Waals surface area contributed by atoms with Crippen LogP contribution in [0.5, 0.6) is 0 Å². The molecule has 1 atom stereocenters. The normalized spacial score (nSPS) is 22.1. The van der Waals surface area contributed by atoms with Crippen LogP contribution < -0.4 is 5.32 Å². The first-order chi connectivity index (χ1) is 9.34. The van der Waals surface area contributed by atoms with E-state index in [1.54, 1.807) is 31.2 Å². The van der Waals surface area contributed by atoms with E-state index in [1.807, 2.05) is 0 Å². The summed E-state index contributed by atoms with van der Waals surface area (Å²) in [6.07, 6.45) is 0.158. The maximum Gasteiger partial charge on any atom is 0.325 e. The number of carbonyl (C=O) groups is 3. The standard InChI is InChI=1S/C14H15ClN2O3/c1-9(18)6-7-17-12(19)14(2,16-13(17)20)10-4-3-5-11(15)8-10/h3-5,8H,6-7H2,1-2H3,(H,16,20)/t14-/m1/s1. The molecular weight excluding hydrogens is 280 g/mol. The minimum absolute atomic E-state index is 0.0676. The Balaban J connectivity index is 2.28. The fraction of sp³-hybridized carbons (Fsp3) is 0.357. The molecule has 1 saturated heterocycles. The number of amides is 3. The average molecular weight is 295 g/mol. The number of nitrogens with zero attached hydrogens (tertiary/aromatic N) is 1. The Morgan fingerprint density at radius 2 is 2.10 bits per heavy atom. The van der Waals surface area contributed by atoms with Gasteiger partial charge in [-0.05, 0) is 31.5 Å². The van der Waals surface area contributed by atoms with Gasteiger partial charge in [-0.3, -0.25) is 14.5 Å². The van der Waals surface area contributed by atoms with E-state index in [4.69, 9.17) is 11.6 Å². The molecule has 5 nitrogen and oxygen atoms in total. The van der Waals surface area contributed by atoms with Crippen molar-refractivity contribution in [3.05, 3.63) is 34.9 Å². The summed E-state index contributed by atoms with van der Waals surface area (Å²) in [5.74, 6) is -0.437. The van der Waals surface area contributed by atoms with Crippen molar-refractivity contribution in [2.75, 3.05) is 6.54 Å². The molecule has 1 heterocycles. The van der Waals surface area contributed by atoms with Gasteiger partial charge in [-0.1, -0.05) is 23.7 Å². The van der Waals surface area contributed by atoms with Gasteiger partial charge >= 0.3 is 6.03 Å². The number of carbonyl (C=O) groups excluding carboxylic acids is 3. The molecular formula is C14H15ClN2O3. The van der Waals surface area contributed by atoms with Crippen LogP contribution >= 0.6 is 11.6 Å². The second kappa shape index (κ2) is 5.25. The molecule has 6 heteroatoms. The summed E-state index contributed by atoms with van der Waals surface area (Å²) < 4.78 is 0. The third-order valence-corrected chi connectivity index (χ3v) is 3.60. The van der Waals surface area contributed by atoms with E-state index >= 15 is 0 Å². The van der Waals surface area contributed by atoms with E-state index in [9.17, 15) is 14.4 Å². The zero-order chi connectivity index (χ0) is 14.9. The number of benzene rings is 1. The molecule has 0 bridgehead atoms. The van der Waals surface area contributed by atoms with Gasteiger partial charge in [-0.15, -0.1) is 0 Å². The highest BCUT2D eigenvalue weighted by Gasteiger charge is 2.48. The molecule has 1 aliphatic rings. The van der Waals surface area contributed by atoms with E-state index in [2.05, 4.69) is 5.32 Å². The molecule has 1 aromatic rings. The fourth-order valence-corrected chi connectivity index (χ4v) is 2.35. The lowest BCUT2D eigenvalue weighted by Gasteiger charge is -2.22. The Kier molecular flexibility index (Phi) is 3.81. The van der Waals surface area contributed by atoms with Crippen molar-refractivity contribution in [3.63, 3.8) is 0 Å². The molecule has 2 rings (SSSR count). The molecule has 0 unspecified atom stereocenters. The van der Waals surface area contributed by atoms with Gasteiger partial charge in [0.1, 0.15) is 11.3 Å². The third kappa shape index (κ3) is 2.54. The van der Waals surface area contributed by atoms with Gasteiger partial charge in [0.05, 0.1) is 0 Å². The van der Waals surface area contributed by atoms with Crippen LogP contribution in [0.3, 0.4) is 0 Å². The minimum Gasteiger partial charge on any atom is -0.319 e. The molecule has 3 amide bonds.